The Bertz CT molecular complexity index is 873. The van der Waals surface area contributed by atoms with Gasteiger partial charge in [-0.15, -0.1) is 0 Å². The first-order valence-corrected chi connectivity index (χ1v) is 11.2. The summed E-state index contributed by atoms with van der Waals surface area (Å²) in [7, 11) is 3.27. The summed E-state index contributed by atoms with van der Waals surface area (Å²) in [6.07, 6.45) is 10.3. The van der Waals surface area contributed by atoms with E-state index in [1.165, 1.54) is 6.42 Å². The molecule has 7 nitrogen and oxygen atoms in total. The van der Waals surface area contributed by atoms with Crippen LogP contribution in [0.1, 0.15) is 50.5 Å². The van der Waals surface area contributed by atoms with Crippen LogP contribution in [0.2, 0.25) is 0 Å². The third kappa shape index (κ3) is 4.45. The van der Waals surface area contributed by atoms with Gasteiger partial charge in [-0.2, -0.15) is 0 Å². The molecule has 1 aromatic carbocycles. The fraction of sp³-hybridized carbons (Fsp3) is 0.542. The summed E-state index contributed by atoms with van der Waals surface area (Å²) in [5.41, 5.74) is 0.723. The molecule has 0 spiro atoms. The molecule has 0 unspecified atom stereocenters. The molecule has 2 aromatic rings. The number of methoxy groups -OCH3 is 2. The second kappa shape index (κ2) is 9.54. The molecule has 1 saturated carbocycles. The molecule has 0 bridgehead atoms. The number of hydrogen-bond acceptors (Lipinski definition) is 6. The van der Waals surface area contributed by atoms with Gasteiger partial charge in [-0.25, -0.2) is 9.97 Å². The van der Waals surface area contributed by atoms with Crippen molar-refractivity contribution >= 4 is 11.7 Å². The summed E-state index contributed by atoms with van der Waals surface area (Å²) in [6, 6.07) is 8.36. The summed E-state index contributed by atoms with van der Waals surface area (Å²) >= 11 is 0. The molecular weight excluding hydrogens is 392 g/mol. The predicted octanol–water partition coefficient (Wildman–Crippen LogP) is 3.80. The van der Waals surface area contributed by atoms with Gasteiger partial charge in [0.25, 0.3) is 5.88 Å². The largest absolute Gasteiger partial charge is 0.497 e. The van der Waals surface area contributed by atoms with Crippen molar-refractivity contribution in [1.82, 2.24) is 14.9 Å². The number of amides is 1. The zero-order valence-electron chi connectivity index (χ0n) is 18.5. The number of carbonyl (C=O) groups is 1. The predicted molar refractivity (Wildman–Crippen MR) is 120 cm³/mol. The lowest BCUT2D eigenvalue weighted by Crippen LogP contribution is -2.51. The van der Waals surface area contributed by atoms with E-state index in [1.807, 2.05) is 12.1 Å². The van der Waals surface area contributed by atoms with Crippen molar-refractivity contribution in [3.8, 4) is 11.6 Å². The van der Waals surface area contributed by atoms with E-state index >= 15 is 0 Å². The average Bonchev–Trinajstić information content (AvgIpc) is 2.85. The number of hydrogen-bond donors (Lipinski definition) is 1. The second-order valence-electron chi connectivity index (χ2n) is 8.50. The van der Waals surface area contributed by atoms with Gasteiger partial charge < -0.3 is 19.7 Å². The normalized spacial score (nSPS) is 19.0. The minimum Gasteiger partial charge on any atom is -0.497 e. The van der Waals surface area contributed by atoms with Gasteiger partial charge in [0, 0.05) is 31.5 Å². The number of nitrogens with one attached hydrogen (secondary N) is 1. The number of likely N-dealkylation sites (tertiary alicyclic amines) is 1. The van der Waals surface area contributed by atoms with Crippen molar-refractivity contribution in [3.63, 3.8) is 0 Å². The standard InChI is InChI=1S/C24H32N4O3/c1-30-20-8-6-18(7-9-20)24(12-4-3-5-13-24)23(29)28-16-10-19(11-17-28)27-21-22(31-2)26-15-14-25-21/h6-9,14-15,19H,3-5,10-13,16-17H2,1-2H3,(H,25,27). The Labute approximate surface area is 184 Å². The first-order chi connectivity index (χ1) is 15.2. The molecule has 1 saturated heterocycles. The maximum Gasteiger partial charge on any atom is 0.257 e. The summed E-state index contributed by atoms with van der Waals surface area (Å²) in [6.45, 7) is 1.49. The third-order valence-electron chi connectivity index (χ3n) is 6.74. The molecular formula is C24H32N4O3. The number of ether oxygens (including phenoxy) is 2. The van der Waals surface area contributed by atoms with Gasteiger partial charge in [0.15, 0.2) is 5.82 Å². The third-order valence-corrected chi connectivity index (χ3v) is 6.74. The molecule has 1 aliphatic carbocycles. The van der Waals surface area contributed by atoms with Gasteiger partial charge in [0.1, 0.15) is 5.75 Å². The first-order valence-electron chi connectivity index (χ1n) is 11.2. The van der Waals surface area contributed by atoms with Crippen molar-refractivity contribution in [2.75, 3.05) is 32.6 Å². The molecule has 1 amide bonds. The van der Waals surface area contributed by atoms with Crippen molar-refractivity contribution < 1.29 is 14.3 Å². The fourth-order valence-electron chi connectivity index (χ4n) is 4.99. The quantitative estimate of drug-likeness (QED) is 0.760. The highest BCUT2D eigenvalue weighted by Crippen LogP contribution is 2.42. The van der Waals surface area contributed by atoms with Crippen LogP contribution in [0.25, 0.3) is 0 Å². The van der Waals surface area contributed by atoms with E-state index in [2.05, 4.69) is 32.3 Å². The highest BCUT2D eigenvalue weighted by molar-refractivity contribution is 5.88. The monoisotopic (exact) mass is 424 g/mol. The van der Waals surface area contributed by atoms with Gasteiger partial charge in [-0.1, -0.05) is 31.4 Å². The van der Waals surface area contributed by atoms with Crippen LogP contribution in [0.15, 0.2) is 36.7 Å². The summed E-state index contributed by atoms with van der Waals surface area (Å²) in [4.78, 5) is 24.4. The van der Waals surface area contributed by atoms with E-state index in [4.69, 9.17) is 9.47 Å². The first kappa shape index (κ1) is 21.4. The SMILES string of the molecule is COc1ccc(C2(C(=O)N3CCC(Nc4nccnc4OC)CC3)CCCCC2)cc1. The maximum atomic E-state index is 13.8. The zero-order valence-corrected chi connectivity index (χ0v) is 18.5. The number of aromatic nitrogens is 2. The summed E-state index contributed by atoms with van der Waals surface area (Å²) in [5.74, 6) is 2.28. The topological polar surface area (TPSA) is 76.6 Å². The molecule has 2 heterocycles. The smallest absolute Gasteiger partial charge is 0.257 e. The van der Waals surface area contributed by atoms with E-state index in [9.17, 15) is 4.79 Å². The Morgan fingerprint density at radius 3 is 2.32 bits per heavy atom. The number of benzene rings is 1. The van der Waals surface area contributed by atoms with Crippen LogP contribution in [0, 0.1) is 0 Å². The molecule has 1 aliphatic heterocycles. The lowest BCUT2D eigenvalue weighted by molar-refractivity contribution is -0.140. The molecule has 1 aromatic heterocycles. The highest BCUT2D eigenvalue weighted by atomic mass is 16.5. The van der Waals surface area contributed by atoms with E-state index in [1.54, 1.807) is 26.6 Å². The molecule has 2 fully saturated rings. The fourth-order valence-corrected chi connectivity index (χ4v) is 4.99. The van der Waals surface area contributed by atoms with Crippen molar-refractivity contribution in [1.29, 1.82) is 0 Å². The van der Waals surface area contributed by atoms with Crippen LogP contribution in [0.5, 0.6) is 11.6 Å². The summed E-state index contributed by atoms with van der Waals surface area (Å²) in [5, 5.41) is 3.44. The van der Waals surface area contributed by atoms with Crippen LogP contribution in [-0.2, 0) is 10.2 Å². The summed E-state index contributed by atoms with van der Waals surface area (Å²) < 4.78 is 10.6. The van der Waals surface area contributed by atoms with Crippen molar-refractivity contribution in [2.24, 2.45) is 0 Å². The van der Waals surface area contributed by atoms with Crippen LogP contribution in [0.4, 0.5) is 5.82 Å². The number of rotatable bonds is 6. The molecule has 7 heteroatoms. The Kier molecular flexibility index (Phi) is 6.59. The van der Waals surface area contributed by atoms with Gasteiger partial charge in [-0.3, -0.25) is 4.79 Å². The average molecular weight is 425 g/mol. The molecule has 1 N–H and O–H groups in total. The lowest BCUT2D eigenvalue weighted by Gasteiger charge is -2.42. The van der Waals surface area contributed by atoms with Crippen molar-refractivity contribution in [3.05, 3.63) is 42.2 Å². The van der Waals surface area contributed by atoms with Gasteiger partial charge >= 0.3 is 0 Å². The van der Waals surface area contributed by atoms with Gasteiger partial charge in [-0.05, 0) is 43.4 Å². The van der Waals surface area contributed by atoms with Crippen LogP contribution in [-0.4, -0.2) is 54.1 Å². The van der Waals surface area contributed by atoms with E-state index in [-0.39, 0.29) is 11.9 Å². The van der Waals surface area contributed by atoms with Crippen LogP contribution in [0.3, 0.4) is 0 Å². The molecule has 31 heavy (non-hydrogen) atoms. The highest BCUT2D eigenvalue weighted by Gasteiger charge is 2.44. The molecule has 0 radical (unpaired) electrons. The minimum absolute atomic E-state index is 0.248. The van der Waals surface area contributed by atoms with E-state index in [0.29, 0.717) is 11.7 Å². The molecule has 0 atom stereocenters. The number of carbonyl (C=O) groups excluding carboxylic acids is 1. The Hall–Kier alpha value is -2.83. The van der Waals surface area contributed by atoms with E-state index < -0.39 is 5.41 Å². The Balaban J connectivity index is 1.45. The maximum absolute atomic E-state index is 13.8. The van der Waals surface area contributed by atoms with Crippen LogP contribution >= 0.6 is 0 Å². The molecule has 2 aliphatic rings. The molecule has 166 valence electrons. The van der Waals surface area contributed by atoms with Gasteiger partial charge in [0.05, 0.1) is 19.6 Å². The number of anilines is 1. The Morgan fingerprint density at radius 2 is 1.68 bits per heavy atom. The second-order valence-corrected chi connectivity index (χ2v) is 8.50. The number of nitrogens with zero attached hydrogens (tertiary/aromatic N) is 3. The van der Waals surface area contributed by atoms with Crippen LogP contribution < -0.4 is 14.8 Å². The van der Waals surface area contributed by atoms with Gasteiger partial charge in [0.2, 0.25) is 5.91 Å². The minimum atomic E-state index is -0.404. The number of piperidine rings is 1. The Morgan fingerprint density at radius 1 is 1.00 bits per heavy atom. The molecule has 4 rings (SSSR count). The zero-order chi connectivity index (χ0) is 21.7. The van der Waals surface area contributed by atoms with E-state index in [0.717, 1.165) is 62.9 Å². The van der Waals surface area contributed by atoms with Crippen molar-refractivity contribution in [2.45, 2.75) is 56.4 Å². The lowest BCUT2D eigenvalue weighted by atomic mass is 9.68.